The van der Waals surface area contributed by atoms with Gasteiger partial charge in [-0.25, -0.2) is 0 Å². The van der Waals surface area contributed by atoms with Crippen LogP contribution in [0, 0.1) is 35.0 Å². The monoisotopic (exact) mass is 1510 g/mol. The van der Waals surface area contributed by atoms with Crippen LogP contribution in [0.15, 0.2) is 24.3 Å². The topological polar surface area (TPSA) is 271 Å². The molecule has 0 radical (unpaired) electrons. The second kappa shape index (κ2) is 37.2. The van der Waals surface area contributed by atoms with Gasteiger partial charge in [-0.1, -0.05) is 77.7 Å². The van der Waals surface area contributed by atoms with E-state index in [9.17, 15) is 14.4 Å². The van der Waals surface area contributed by atoms with Gasteiger partial charge in [-0.3, -0.25) is 57.5 Å². The number of alkyl halides is 2. The Kier molecular flexibility index (Phi) is 29.8. The van der Waals surface area contributed by atoms with E-state index in [1.54, 1.807) is 25.9 Å². The lowest BCUT2D eigenvalue weighted by atomic mass is 9.57. The van der Waals surface area contributed by atoms with Gasteiger partial charge < -0.3 is 64.4 Å². The maximum atomic E-state index is 16.1. The number of rotatable bonds is 9. The van der Waals surface area contributed by atoms with E-state index in [1.165, 1.54) is 93.4 Å². The molecular formula is C78H124Cl2N12O13. The van der Waals surface area contributed by atoms with E-state index >= 15 is 43.2 Å². The van der Waals surface area contributed by atoms with Crippen LogP contribution >= 0.6 is 23.2 Å². The molecule has 2 saturated heterocycles. The second-order valence-corrected chi connectivity index (χ2v) is 34.2. The first kappa shape index (κ1) is 84.3. The minimum Gasteiger partial charge on any atom is -0.377 e. The fourth-order valence-electron chi connectivity index (χ4n) is 18.2. The summed E-state index contributed by atoms with van der Waals surface area (Å²) in [5, 5.41) is 5.48. The molecule has 0 aromatic rings. The van der Waals surface area contributed by atoms with E-state index < -0.39 is 162 Å². The summed E-state index contributed by atoms with van der Waals surface area (Å²) in [6.07, 6.45) is 18.8. The zero-order valence-corrected chi connectivity index (χ0v) is 66.8. The van der Waals surface area contributed by atoms with Crippen molar-refractivity contribution in [2.45, 2.75) is 266 Å². The largest absolute Gasteiger partial charge is 0.377 e. The molecule has 2 N–H and O–H groups in total. The molecule has 11 rings (SSSR count). The predicted octanol–water partition coefficient (Wildman–Crippen LogP) is 6.60. The summed E-state index contributed by atoms with van der Waals surface area (Å²) in [4.78, 5) is 198. The van der Waals surface area contributed by atoms with Gasteiger partial charge in [0, 0.05) is 94.9 Å². The van der Waals surface area contributed by atoms with Crippen LogP contribution in [0.4, 0.5) is 0 Å². The molecule has 588 valence electrons. The third-order valence-electron chi connectivity index (χ3n) is 24.7. The quantitative estimate of drug-likeness (QED) is 0.182. The highest BCUT2D eigenvalue weighted by Gasteiger charge is 2.62. The van der Waals surface area contributed by atoms with E-state index in [1.807, 2.05) is 39.8 Å². The van der Waals surface area contributed by atoms with Gasteiger partial charge in [0.15, 0.2) is 0 Å². The molecule has 7 heterocycles. The number of nitrogens with one attached hydrogen (secondary N) is 2. The van der Waals surface area contributed by atoms with Crippen molar-refractivity contribution in [1.82, 2.24) is 59.6 Å². The summed E-state index contributed by atoms with van der Waals surface area (Å²) in [6, 6.07) is -9.53. The van der Waals surface area contributed by atoms with Crippen LogP contribution in [-0.2, 0) is 62.3 Å². The molecule has 27 heteroatoms. The first-order chi connectivity index (χ1) is 49.6. The number of nitrogens with zero attached hydrogens (tertiary/aromatic N) is 10. The smallest absolute Gasteiger partial charge is 0.249 e. The van der Waals surface area contributed by atoms with Crippen molar-refractivity contribution in [3.05, 3.63) is 24.3 Å². The number of carbonyl (C=O) groups excluding carboxylic acids is 12. The lowest BCUT2D eigenvalue weighted by Gasteiger charge is -2.58. The Morgan fingerprint density at radius 1 is 0.619 bits per heavy atom. The van der Waals surface area contributed by atoms with Gasteiger partial charge in [-0.15, -0.1) is 23.2 Å². The van der Waals surface area contributed by atoms with Gasteiger partial charge in [-0.05, 0) is 164 Å². The average Bonchev–Trinajstić information content (AvgIpc) is 1.34. The summed E-state index contributed by atoms with van der Waals surface area (Å²) in [6.45, 7) is 8.84. The van der Waals surface area contributed by atoms with Crippen molar-refractivity contribution < 1.29 is 62.3 Å². The molecule has 105 heavy (non-hydrogen) atoms. The maximum Gasteiger partial charge on any atom is 0.249 e. The van der Waals surface area contributed by atoms with E-state index in [0.717, 1.165) is 44.9 Å². The zero-order valence-electron chi connectivity index (χ0n) is 65.3. The van der Waals surface area contributed by atoms with Gasteiger partial charge in [0.1, 0.15) is 53.9 Å². The molecule has 6 fully saturated rings. The molecule has 1 spiro atoms. The molecule has 4 aliphatic carbocycles. The number of amides is 12. The van der Waals surface area contributed by atoms with Crippen LogP contribution in [0.3, 0.4) is 0 Å². The molecule has 7 aliphatic heterocycles. The van der Waals surface area contributed by atoms with Crippen molar-refractivity contribution in [3.8, 4) is 0 Å². The maximum absolute atomic E-state index is 16.1. The SMILES string of the molecule is CCO[C@@H]1C[C@H]2C(=O)N(C)C3(CC(C)(C)C3)C(=O)N(C)[C@@H](C3CCCC3)C(=O)N(C)[C@H](C(=O)N(C)C)CC(=O)N(C)[C@H]3CCCC/C=C/C4CCC(CC4)C[C@@H](C(=O)N(C)CC(=O)N[C@@H](CCC4CCC(Cl)C(Cl)C4)C(=O)N2C1)N1CC/C=C\C[C@@H](C1=O)N(C)C(=O)CN(C)C(=O)[C@H]([C@@H](C)CC)NC3=O. The molecule has 0 aromatic carbocycles. The fourth-order valence-corrected chi connectivity index (χ4v) is 18.8. The van der Waals surface area contributed by atoms with E-state index in [2.05, 4.69) is 22.8 Å². The molecule has 4 saturated carbocycles. The third kappa shape index (κ3) is 20.1. The van der Waals surface area contributed by atoms with Crippen LogP contribution < -0.4 is 10.6 Å². The Bertz CT molecular complexity index is 3180. The average molecular weight is 1510 g/mol. The number of carbonyl (C=O) groups is 12. The molecule has 0 aromatic heterocycles. The van der Waals surface area contributed by atoms with Crippen molar-refractivity contribution in [1.29, 1.82) is 0 Å². The number of hydrogen-bond acceptors (Lipinski definition) is 13. The number of ether oxygens (including phenoxy) is 1. The predicted molar refractivity (Wildman–Crippen MR) is 402 cm³/mol. The highest BCUT2D eigenvalue weighted by Crippen LogP contribution is 2.53. The fraction of sp³-hybridized carbons (Fsp3) is 0.795. The number of halogens is 2. The molecule has 6 bridgehead atoms. The lowest BCUT2D eigenvalue weighted by molar-refractivity contribution is -0.174. The van der Waals surface area contributed by atoms with Crippen LogP contribution in [0.2, 0.25) is 0 Å². The number of allylic oxidation sites excluding steroid dienone is 2. The molecule has 25 nitrogen and oxygen atoms in total. The van der Waals surface area contributed by atoms with Crippen molar-refractivity contribution in [3.63, 3.8) is 0 Å². The van der Waals surface area contributed by atoms with Crippen LogP contribution in [0.25, 0.3) is 0 Å². The Morgan fingerprint density at radius 3 is 1.90 bits per heavy atom. The van der Waals surface area contributed by atoms with Crippen LogP contribution in [0.5, 0.6) is 0 Å². The number of hydrogen-bond donors (Lipinski definition) is 2. The lowest BCUT2D eigenvalue weighted by Crippen LogP contribution is -2.71. The minimum atomic E-state index is -1.53. The summed E-state index contributed by atoms with van der Waals surface area (Å²) >= 11 is 13.4. The second-order valence-electron chi connectivity index (χ2n) is 33.1. The van der Waals surface area contributed by atoms with E-state index in [4.69, 9.17) is 27.9 Å². The highest BCUT2D eigenvalue weighted by atomic mass is 35.5. The zero-order chi connectivity index (χ0) is 77.1. The molecular weight excluding hydrogens is 1380 g/mol. The Balaban J connectivity index is 1.26. The van der Waals surface area contributed by atoms with Crippen LogP contribution in [0.1, 0.15) is 195 Å². The van der Waals surface area contributed by atoms with E-state index in [0.29, 0.717) is 64.2 Å². The summed E-state index contributed by atoms with van der Waals surface area (Å²) in [5.41, 5.74) is -2.00. The standard InChI is InChI=1S/C78H124Cl2N12O13/c1-15-49(3)66-74(102)85(9)46-65(95)87(11)59-30-22-19-25-39-91(73(59)101)61-41-52-33-31-50(32-34-52)26-20-17-18-21-29-58(68(96)82-66)86(10)64(94)43-60(70(98)83(6)7)88(12)75(103)67(53-27-23-24-28-53)89(13)76(104)78(47-77(4,5)48-78)90(14)72(100)62-42-54(105-16-2)44-92(62)69(97)57(81-63(93)45-84(8)71(61)99)38-36-51-35-37-55(79)56(80)40-51/h19-20,22,26,49-62,66-67H,15-18,21,23-25,27-48H2,1-14H3,(H,81,93)(H,82,96)/b22-19-,26-20+/t49-,50?,51?,52?,54+,55?,56?,57-,58-,59-,60-,61-,62-,66-,67-/m0/s1. The summed E-state index contributed by atoms with van der Waals surface area (Å²) in [5.74, 6) is -7.47. The van der Waals surface area contributed by atoms with Crippen molar-refractivity contribution >= 4 is 94.1 Å². The van der Waals surface area contributed by atoms with Gasteiger partial charge in [0.25, 0.3) is 0 Å². The number of likely N-dealkylation sites (N-methyl/N-ethyl adjacent to an activating group) is 8. The molecule has 3 unspecified atom stereocenters. The van der Waals surface area contributed by atoms with Crippen LogP contribution in [-0.4, -0.2) is 287 Å². The van der Waals surface area contributed by atoms with Gasteiger partial charge in [0.2, 0.25) is 70.9 Å². The molecule has 13 atom stereocenters. The minimum absolute atomic E-state index is 0.0125. The van der Waals surface area contributed by atoms with Gasteiger partial charge >= 0.3 is 0 Å². The normalized spacial score (nSPS) is 33.2. The van der Waals surface area contributed by atoms with E-state index in [-0.39, 0.29) is 99.1 Å². The molecule has 12 amide bonds. The van der Waals surface area contributed by atoms with Gasteiger partial charge in [-0.2, -0.15) is 0 Å². The van der Waals surface area contributed by atoms with Crippen molar-refractivity contribution in [2.24, 2.45) is 35.0 Å². The third-order valence-corrected chi connectivity index (χ3v) is 25.9. The Labute approximate surface area is 634 Å². The Morgan fingerprint density at radius 2 is 1.27 bits per heavy atom. The highest BCUT2D eigenvalue weighted by molar-refractivity contribution is 6.30. The van der Waals surface area contributed by atoms with Crippen molar-refractivity contribution in [2.75, 3.05) is 96.2 Å². The first-order valence-corrected chi connectivity index (χ1v) is 40.0. The molecule has 11 aliphatic rings. The first-order valence-electron chi connectivity index (χ1n) is 39.1. The summed E-state index contributed by atoms with van der Waals surface area (Å²) < 4.78 is 6.23. The Hall–Kier alpha value is -6.34. The van der Waals surface area contributed by atoms with Gasteiger partial charge in [0.05, 0.1) is 31.0 Å². The summed E-state index contributed by atoms with van der Waals surface area (Å²) in [7, 11) is 13.6.